The molecular formula is C22H34O2. The van der Waals surface area contributed by atoms with Crippen LogP contribution in [-0.2, 0) is 16.1 Å². The maximum atomic E-state index is 5.57. The topological polar surface area (TPSA) is 18.5 Å². The van der Waals surface area contributed by atoms with Gasteiger partial charge in [-0.05, 0) is 30.6 Å². The predicted molar refractivity (Wildman–Crippen MR) is 103 cm³/mol. The minimum absolute atomic E-state index is 0.613. The van der Waals surface area contributed by atoms with Gasteiger partial charge in [-0.2, -0.15) is 0 Å². The Balaban J connectivity index is 1.83. The van der Waals surface area contributed by atoms with E-state index in [0.717, 1.165) is 6.42 Å². The zero-order valence-electron chi connectivity index (χ0n) is 15.3. The second-order valence-corrected chi connectivity index (χ2v) is 6.09. The first-order chi connectivity index (χ1) is 11.9. The molecule has 0 amide bonds. The first-order valence-corrected chi connectivity index (χ1v) is 9.46. The Bertz CT molecular complexity index is 423. The maximum Gasteiger partial charge on any atom is 0.106 e. The molecule has 0 unspecified atom stereocenters. The Kier molecular flexibility index (Phi) is 13.9. The second-order valence-electron chi connectivity index (χ2n) is 6.09. The van der Waals surface area contributed by atoms with Crippen LogP contribution < -0.4 is 0 Å². The Labute approximate surface area is 148 Å². The first-order valence-electron chi connectivity index (χ1n) is 9.46. The molecule has 0 aliphatic carbocycles. The van der Waals surface area contributed by atoms with E-state index in [0.29, 0.717) is 19.8 Å². The molecule has 0 bridgehead atoms. The Morgan fingerprint density at radius 2 is 1.50 bits per heavy atom. The minimum atomic E-state index is 0.613. The van der Waals surface area contributed by atoms with Crippen LogP contribution in [0.5, 0.6) is 0 Å². The number of rotatable bonds is 15. The van der Waals surface area contributed by atoms with Gasteiger partial charge in [0.1, 0.15) is 6.61 Å². The van der Waals surface area contributed by atoms with Crippen molar-refractivity contribution in [1.29, 1.82) is 0 Å². The van der Waals surface area contributed by atoms with Crippen molar-refractivity contribution in [1.82, 2.24) is 0 Å². The molecule has 1 rings (SSSR count). The number of ether oxygens (including phenoxy) is 2. The van der Waals surface area contributed by atoms with Crippen LogP contribution in [0.3, 0.4) is 0 Å². The number of hydrogen-bond donors (Lipinski definition) is 0. The van der Waals surface area contributed by atoms with Gasteiger partial charge in [0.15, 0.2) is 0 Å². The van der Waals surface area contributed by atoms with E-state index >= 15 is 0 Å². The lowest BCUT2D eigenvalue weighted by atomic mass is 10.1. The average molecular weight is 331 g/mol. The van der Waals surface area contributed by atoms with Crippen molar-refractivity contribution in [2.75, 3.05) is 13.2 Å². The number of unbranched alkanes of at least 4 members (excludes halogenated alkanes) is 7. The predicted octanol–water partition coefficient (Wildman–Crippen LogP) is 6.43. The fraction of sp³-hybridized carbons (Fsp3) is 0.545. The molecule has 1 aromatic rings. The summed E-state index contributed by atoms with van der Waals surface area (Å²) in [5.41, 5.74) is 1.20. The van der Waals surface area contributed by atoms with Crippen molar-refractivity contribution in [3.63, 3.8) is 0 Å². The molecule has 0 aliphatic rings. The molecule has 1 aromatic carbocycles. The van der Waals surface area contributed by atoms with Crippen LogP contribution in [0.15, 0.2) is 54.8 Å². The molecule has 0 saturated heterocycles. The molecule has 0 fully saturated rings. The fourth-order valence-corrected chi connectivity index (χ4v) is 2.42. The zero-order valence-corrected chi connectivity index (χ0v) is 15.3. The molecule has 0 saturated carbocycles. The number of allylic oxidation sites excluding steroid dienone is 1. The number of hydrogen-bond acceptors (Lipinski definition) is 2. The van der Waals surface area contributed by atoms with Crippen LogP contribution in [0.4, 0.5) is 0 Å². The summed E-state index contributed by atoms with van der Waals surface area (Å²) in [7, 11) is 0. The fourth-order valence-electron chi connectivity index (χ4n) is 2.42. The van der Waals surface area contributed by atoms with Gasteiger partial charge in [-0.1, -0.05) is 81.9 Å². The van der Waals surface area contributed by atoms with Crippen LogP contribution in [0.2, 0.25) is 0 Å². The summed E-state index contributed by atoms with van der Waals surface area (Å²) in [5.74, 6) is 0. The maximum absolute atomic E-state index is 5.57. The third-order valence-electron chi connectivity index (χ3n) is 3.85. The van der Waals surface area contributed by atoms with E-state index in [2.05, 4.69) is 25.1 Å². The van der Waals surface area contributed by atoms with E-state index in [-0.39, 0.29) is 0 Å². The lowest BCUT2D eigenvalue weighted by molar-refractivity contribution is 0.148. The van der Waals surface area contributed by atoms with Crippen molar-refractivity contribution in [2.24, 2.45) is 0 Å². The summed E-state index contributed by atoms with van der Waals surface area (Å²) < 4.78 is 11.0. The Morgan fingerprint density at radius 1 is 0.792 bits per heavy atom. The van der Waals surface area contributed by atoms with Crippen molar-refractivity contribution >= 4 is 0 Å². The Hall–Kier alpha value is -1.54. The van der Waals surface area contributed by atoms with Crippen molar-refractivity contribution in [2.45, 2.75) is 64.9 Å². The third-order valence-corrected chi connectivity index (χ3v) is 3.85. The molecule has 0 aliphatic heterocycles. The van der Waals surface area contributed by atoms with Crippen molar-refractivity contribution in [3.05, 3.63) is 60.4 Å². The van der Waals surface area contributed by atoms with Crippen LogP contribution in [0, 0.1) is 0 Å². The largest absolute Gasteiger partial charge is 0.497 e. The molecule has 24 heavy (non-hydrogen) atoms. The highest BCUT2D eigenvalue weighted by Gasteiger charge is 1.90. The zero-order chi connectivity index (χ0) is 17.1. The molecule has 2 nitrogen and oxygen atoms in total. The van der Waals surface area contributed by atoms with Gasteiger partial charge in [-0.3, -0.25) is 0 Å². The quantitative estimate of drug-likeness (QED) is 0.209. The molecule has 0 heterocycles. The highest BCUT2D eigenvalue weighted by molar-refractivity contribution is 5.13. The summed E-state index contributed by atoms with van der Waals surface area (Å²) in [6, 6.07) is 10.2. The summed E-state index contributed by atoms with van der Waals surface area (Å²) in [6.07, 6.45) is 18.6. The van der Waals surface area contributed by atoms with E-state index in [9.17, 15) is 0 Å². The van der Waals surface area contributed by atoms with Crippen molar-refractivity contribution in [3.8, 4) is 0 Å². The van der Waals surface area contributed by atoms with Gasteiger partial charge in [0.05, 0.1) is 19.5 Å². The first kappa shape index (κ1) is 20.5. The van der Waals surface area contributed by atoms with Gasteiger partial charge in [0, 0.05) is 0 Å². The van der Waals surface area contributed by atoms with Crippen molar-refractivity contribution < 1.29 is 9.47 Å². The summed E-state index contributed by atoms with van der Waals surface area (Å²) in [5, 5.41) is 0. The summed E-state index contributed by atoms with van der Waals surface area (Å²) >= 11 is 0. The lowest BCUT2D eigenvalue weighted by Crippen LogP contribution is -1.92. The highest BCUT2D eigenvalue weighted by atomic mass is 16.5. The third kappa shape index (κ3) is 13.0. The van der Waals surface area contributed by atoms with Crippen LogP contribution >= 0.6 is 0 Å². The summed E-state index contributed by atoms with van der Waals surface area (Å²) in [6.45, 7) is 4.16. The average Bonchev–Trinajstić information content (AvgIpc) is 2.62. The second kappa shape index (κ2) is 16.3. The van der Waals surface area contributed by atoms with Gasteiger partial charge >= 0.3 is 0 Å². The van der Waals surface area contributed by atoms with Gasteiger partial charge in [0.2, 0.25) is 0 Å². The molecule has 0 N–H and O–H groups in total. The van der Waals surface area contributed by atoms with E-state index < -0.39 is 0 Å². The monoisotopic (exact) mass is 330 g/mol. The lowest BCUT2D eigenvalue weighted by Gasteiger charge is -2.01. The normalized spacial score (nSPS) is 11.5. The van der Waals surface area contributed by atoms with E-state index in [1.165, 1.54) is 50.5 Å². The Morgan fingerprint density at radius 3 is 2.29 bits per heavy atom. The molecule has 2 heteroatoms. The number of benzene rings is 1. The van der Waals surface area contributed by atoms with Gasteiger partial charge in [-0.25, -0.2) is 0 Å². The van der Waals surface area contributed by atoms with E-state index in [4.69, 9.17) is 9.47 Å². The van der Waals surface area contributed by atoms with Crippen LogP contribution in [0.1, 0.15) is 63.9 Å². The molecule has 0 radical (unpaired) electrons. The van der Waals surface area contributed by atoms with Crippen LogP contribution in [-0.4, -0.2) is 13.2 Å². The molecule has 134 valence electrons. The smallest absolute Gasteiger partial charge is 0.106 e. The van der Waals surface area contributed by atoms with E-state index in [1.54, 1.807) is 0 Å². The molecular weight excluding hydrogens is 296 g/mol. The van der Waals surface area contributed by atoms with Gasteiger partial charge < -0.3 is 9.47 Å². The van der Waals surface area contributed by atoms with Gasteiger partial charge in [-0.15, -0.1) is 0 Å². The highest BCUT2D eigenvalue weighted by Crippen LogP contribution is 2.08. The summed E-state index contributed by atoms with van der Waals surface area (Å²) in [4.78, 5) is 0. The molecule has 0 atom stereocenters. The standard InChI is InChI=1S/C22H34O2/c1-2-3-4-5-6-7-8-9-13-18-23-19-14-15-20-24-21-22-16-11-10-12-17-22/h10-18H,2-9,19-21H2,1H3/b15-14+,18-13+. The molecule has 0 spiro atoms. The SMILES string of the molecule is CCCCCCCCC/C=C/OC/C=C/COCc1ccccc1. The van der Waals surface area contributed by atoms with Crippen LogP contribution in [0.25, 0.3) is 0 Å². The van der Waals surface area contributed by atoms with E-state index in [1.807, 2.05) is 36.6 Å². The van der Waals surface area contributed by atoms with Gasteiger partial charge in [0.25, 0.3) is 0 Å². The molecule has 0 aromatic heterocycles. The minimum Gasteiger partial charge on any atom is -0.497 e.